The van der Waals surface area contributed by atoms with E-state index in [1.165, 1.54) is 0 Å². The minimum Gasteiger partial charge on any atom is -0.454 e. The number of nitriles is 2. The van der Waals surface area contributed by atoms with E-state index in [1.54, 1.807) is 17.0 Å². The van der Waals surface area contributed by atoms with E-state index in [4.69, 9.17) is 9.47 Å². The fourth-order valence-corrected chi connectivity index (χ4v) is 4.58. The van der Waals surface area contributed by atoms with Gasteiger partial charge >= 0.3 is 0 Å². The highest BCUT2D eigenvalue weighted by Gasteiger charge is 2.58. The summed E-state index contributed by atoms with van der Waals surface area (Å²) >= 11 is 0. The van der Waals surface area contributed by atoms with Gasteiger partial charge in [-0.05, 0) is 35.2 Å². The van der Waals surface area contributed by atoms with Crippen molar-refractivity contribution in [2.24, 2.45) is 5.92 Å². The molecular formula is C21H14FN3O2. The van der Waals surface area contributed by atoms with Gasteiger partial charge in [-0.1, -0.05) is 30.3 Å². The lowest BCUT2D eigenvalue weighted by Crippen LogP contribution is -2.50. The first-order valence-electron chi connectivity index (χ1n) is 8.67. The number of hydrogen-bond acceptors (Lipinski definition) is 5. The second kappa shape index (κ2) is 5.49. The standard InChI is InChI=1S/C21H14FN3O2/c22-20-15(10-23)17(11-24)21(14-5-6-18-19(9-14)27-12-26-18)16-4-2-1-3-13(16)7-8-25(20)21/h1-6,9,17H,7-8,12H2. The molecule has 2 aromatic rings. The van der Waals surface area contributed by atoms with Gasteiger partial charge < -0.3 is 14.4 Å². The van der Waals surface area contributed by atoms with Crippen molar-refractivity contribution in [3.05, 3.63) is 70.7 Å². The Morgan fingerprint density at radius 1 is 1.11 bits per heavy atom. The van der Waals surface area contributed by atoms with E-state index in [-0.39, 0.29) is 12.4 Å². The number of nitrogens with zero attached hydrogens (tertiary/aromatic N) is 3. The Bertz CT molecular complexity index is 1080. The summed E-state index contributed by atoms with van der Waals surface area (Å²) in [5.41, 5.74) is 1.40. The van der Waals surface area contributed by atoms with Gasteiger partial charge in [-0.2, -0.15) is 14.9 Å². The zero-order valence-electron chi connectivity index (χ0n) is 14.3. The molecule has 5 rings (SSSR count). The van der Waals surface area contributed by atoms with Crippen LogP contribution in [0.25, 0.3) is 0 Å². The molecule has 2 atom stereocenters. The Morgan fingerprint density at radius 2 is 1.93 bits per heavy atom. The molecule has 0 N–H and O–H groups in total. The molecule has 0 amide bonds. The van der Waals surface area contributed by atoms with Gasteiger partial charge in [0.15, 0.2) is 11.5 Å². The zero-order chi connectivity index (χ0) is 18.6. The minimum absolute atomic E-state index is 0.119. The van der Waals surface area contributed by atoms with E-state index in [0.29, 0.717) is 30.0 Å². The normalized spacial score (nSPS) is 24.9. The van der Waals surface area contributed by atoms with Gasteiger partial charge in [0.1, 0.15) is 23.1 Å². The van der Waals surface area contributed by atoms with E-state index in [0.717, 1.165) is 11.1 Å². The summed E-state index contributed by atoms with van der Waals surface area (Å²) in [4.78, 5) is 1.57. The Hall–Kier alpha value is -3.51. The lowest BCUT2D eigenvalue weighted by molar-refractivity contribution is 0.127. The second-order valence-corrected chi connectivity index (χ2v) is 6.77. The maximum atomic E-state index is 15.2. The van der Waals surface area contributed by atoms with Crippen molar-refractivity contribution in [1.82, 2.24) is 4.90 Å². The molecule has 2 unspecified atom stereocenters. The molecule has 5 nitrogen and oxygen atoms in total. The summed E-state index contributed by atoms with van der Waals surface area (Å²) in [6, 6.07) is 17.3. The van der Waals surface area contributed by atoms with E-state index in [1.807, 2.05) is 36.4 Å². The van der Waals surface area contributed by atoms with Crippen LogP contribution in [-0.2, 0) is 12.0 Å². The molecule has 0 bridgehead atoms. The molecule has 27 heavy (non-hydrogen) atoms. The summed E-state index contributed by atoms with van der Waals surface area (Å²) in [6.45, 7) is 0.518. The first-order valence-corrected chi connectivity index (χ1v) is 8.67. The Balaban J connectivity index is 1.84. The molecule has 0 saturated carbocycles. The number of benzene rings is 2. The average Bonchev–Trinajstić information content (AvgIpc) is 3.27. The molecule has 0 radical (unpaired) electrons. The van der Waals surface area contributed by atoms with Crippen molar-refractivity contribution in [2.75, 3.05) is 13.3 Å². The van der Waals surface area contributed by atoms with Crippen molar-refractivity contribution in [3.8, 4) is 23.6 Å². The molecule has 132 valence electrons. The Labute approximate surface area is 155 Å². The quantitative estimate of drug-likeness (QED) is 0.730. The van der Waals surface area contributed by atoms with Crippen LogP contribution >= 0.6 is 0 Å². The smallest absolute Gasteiger partial charge is 0.231 e. The van der Waals surface area contributed by atoms with Crippen LogP contribution < -0.4 is 9.47 Å². The summed E-state index contributed by atoms with van der Waals surface area (Å²) in [5.74, 6) is -0.390. The summed E-state index contributed by atoms with van der Waals surface area (Å²) in [7, 11) is 0. The van der Waals surface area contributed by atoms with Crippen LogP contribution in [-0.4, -0.2) is 18.2 Å². The number of rotatable bonds is 1. The van der Waals surface area contributed by atoms with Gasteiger partial charge in [-0.15, -0.1) is 0 Å². The first-order chi connectivity index (χ1) is 13.2. The molecule has 2 aromatic carbocycles. The summed E-state index contributed by atoms with van der Waals surface area (Å²) in [6.07, 6.45) is 0.646. The number of halogens is 1. The van der Waals surface area contributed by atoms with E-state index in [2.05, 4.69) is 6.07 Å². The van der Waals surface area contributed by atoms with Crippen LogP contribution in [0.2, 0.25) is 0 Å². The van der Waals surface area contributed by atoms with Gasteiger partial charge in [0.05, 0.1) is 6.07 Å². The molecule has 3 heterocycles. The fourth-order valence-electron chi connectivity index (χ4n) is 4.58. The molecule has 0 fully saturated rings. The first kappa shape index (κ1) is 15.7. The highest BCUT2D eigenvalue weighted by Crippen LogP contribution is 2.56. The molecule has 0 aliphatic carbocycles. The molecule has 3 aliphatic heterocycles. The average molecular weight is 359 g/mol. The van der Waals surface area contributed by atoms with Crippen LogP contribution in [0, 0.1) is 28.6 Å². The largest absolute Gasteiger partial charge is 0.454 e. The highest BCUT2D eigenvalue weighted by molar-refractivity contribution is 5.59. The second-order valence-electron chi connectivity index (χ2n) is 6.77. The molecule has 0 spiro atoms. The Morgan fingerprint density at radius 3 is 2.74 bits per heavy atom. The molecule has 3 aliphatic rings. The molecular weight excluding hydrogens is 345 g/mol. The fraction of sp³-hybridized carbons (Fsp3) is 0.238. The van der Waals surface area contributed by atoms with Crippen molar-refractivity contribution in [2.45, 2.75) is 12.0 Å². The Kier molecular flexibility index (Phi) is 3.20. The predicted octanol–water partition coefficient (Wildman–Crippen LogP) is 3.38. The number of fused-ring (bicyclic) bond motifs is 4. The van der Waals surface area contributed by atoms with Crippen LogP contribution in [0.1, 0.15) is 16.7 Å². The SMILES string of the molecule is N#CC1=C(F)N2CCc3ccccc3C2(c2ccc3c(c2)OCO3)C1C#N. The van der Waals surface area contributed by atoms with Crippen molar-refractivity contribution in [1.29, 1.82) is 10.5 Å². The van der Waals surface area contributed by atoms with Gasteiger partial charge in [0.25, 0.3) is 0 Å². The van der Waals surface area contributed by atoms with Gasteiger partial charge in [0.2, 0.25) is 12.7 Å². The lowest BCUT2D eigenvalue weighted by atomic mass is 9.69. The third-order valence-corrected chi connectivity index (χ3v) is 5.69. The van der Waals surface area contributed by atoms with Crippen molar-refractivity contribution < 1.29 is 13.9 Å². The summed E-state index contributed by atoms with van der Waals surface area (Å²) in [5, 5.41) is 19.6. The van der Waals surface area contributed by atoms with Crippen LogP contribution in [0.4, 0.5) is 4.39 Å². The third-order valence-electron chi connectivity index (χ3n) is 5.69. The molecule has 6 heteroatoms. The monoisotopic (exact) mass is 359 g/mol. The van der Waals surface area contributed by atoms with Gasteiger partial charge in [-0.3, -0.25) is 0 Å². The van der Waals surface area contributed by atoms with Crippen molar-refractivity contribution in [3.63, 3.8) is 0 Å². The molecule has 0 saturated heterocycles. The van der Waals surface area contributed by atoms with Crippen molar-refractivity contribution >= 4 is 0 Å². The number of ether oxygens (including phenoxy) is 2. The highest BCUT2D eigenvalue weighted by atomic mass is 19.1. The van der Waals surface area contributed by atoms with Crippen LogP contribution in [0.5, 0.6) is 11.5 Å². The number of hydrogen-bond donors (Lipinski definition) is 0. The topological polar surface area (TPSA) is 69.3 Å². The van der Waals surface area contributed by atoms with E-state index >= 15 is 4.39 Å². The zero-order valence-corrected chi connectivity index (χ0v) is 14.3. The van der Waals surface area contributed by atoms with Gasteiger partial charge in [0, 0.05) is 6.54 Å². The van der Waals surface area contributed by atoms with Crippen LogP contribution in [0.15, 0.2) is 54.0 Å². The van der Waals surface area contributed by atoms with Gasteiger partial charge in [-0.25, -0.2) is 0 Å². The van der Waals surface area contributed by atoms with E-state index < -0.39 is 17.4 Å². The maximum Gasteiger partial charge on any atom is 0.231 e. The summed E-state index contributed by atoms with van der Waals surface area (Å²) < 4.78 is 26.1. The van der Waals surface area contributed by atoms with Crippen LogP contribution in [0.3, 0.4) is 0 Å². The van der Waals surface area contributed by atoms with E-state index in [9.17, 15) is 10.5 Å². The lowest BCUT2D eigenvalue weighted by Gasteiger charge is -2.46. The maximum absolute atomic E-state index is 15.2. The minimum atomic E-state index is -1.10. The third kappa shape index (κ3) is 1.85. The molecule has 0 aromatic heterocycles. The predicted molar refractivity (Wildman–Crippen MR) is 93.0 cm³/mol.